The van der Waals surface area contributed by atoms with E-state index >= 15 is 0 Å². The van der Waals surface area contributed by atoms with Crippen molar-refractivity contribution in [3.05, 3.63) is 179 Å². The third-order valence-corrected chi connectivity index (χ3v) is 8.95. The summed E-state index contributed by atoms with van der Waals surface area (Å²) in [6.07, 6.45) is 8.57. The third kappa shape index (κ3) is 5.71. The summed E-state index contributed by atoms with van der Waals surface area (Å²) in [6, 6.07) is 50.7. The molecular weight excluding hydrogens is 661 g/mol. The summed E-state index contributed by atoms with van der Waals surface area (Å²) in [5.41, 5.74) is 14.0. The van der Waals surface area contributed by atoms with Crippen molar-refractivity contribution in [3.8, 4) is 44.5 Å². The Morgan fingerprint density at radius 1 is 0.347 bits per heavy atom. The van der Waals surface area contributed by atoms with Crippen LogP contribution in [0.3, 0.4) is 0 Å². The van der Waals surface area contributed by atoms with Crippen LogP contribution in [0.5, 0.6) is 0 Å². The van der Waals surface area contributed by atoms with Crippen molar-refractivity contribution in [2.45, 2.75) is 0 Å². The number of benzene rings is 4. The van der Waals surface area contributed by atoms with Crippen LogP contribution in [0.25, 0.3) is 79.8 Å². The van der Waals surface area contributed by atoms with Crippen molar-refractivity contribution in [1.29, 1.82) is 0 Å². The molecule has 1 aliphatic carbocycles. The molecule has 4 aromatic carbocycles. The van der Waals surface area contributed by atoms with Crippen molar-refractivity contribution < 1.29 is 15.1 Å². The molecule has 49 heavy (non-hydrogen) atoms. The van der Waals surface area contributed by atoms with Crippen LogP contribution < -0.4 is 4.98 Å². The van der Waals surface area contributed by atoms with Gasteiger partial charge in [-0.05, 0) is 68.1 Å². The second-order valence-corrected chi connectivity index (χ2v) is 11.8. The first-order valence-electron chi connectivity index (χ1n) is 16.0. The van der Waals surface area contributed by atoms with E-state index in [1.54, 1.807) is 0 Å². The van der Waals surface area contributed by atoms with Crippen LogP contribution in [0.15, 0.2) is 146 Å². The summed E-state index contributed by atoms with van der Waals surface area (Å²) in [5, 5.41) is 2.31. The molecule has 233 valence electrons. The van der Waals surface area contributed by atoms with E-state index in [0.29, 0.717) is 0 Å². The quantitative estimate of drug-likeness (QED) is 0.173. The van der Waals surface area contributed by atoms with Gasteiger partial charge in [-0.25, -0.2) is 9.97 Å². The number of rotatable bonds is 4. The number of fused-ring (bicyclic) bond motifs is 6. The molecule has 0 radical (unpaired) electrons. The number of aromatic nitrogens is 3. The van der Waals surface area contributed by atoms with Crippen molar-refractivity contribution in [2.24, 2.45) is 0 Å². The van der Waals surface area contributed by atoms with Crippen LogP contribution in [0.2, 0.25) is 0 Å². The Balaban J connectivity index is 0.00000171. The Hall–Kier alpha value is -5.51. The predicted molar refractivity (Wildman–Crippen MR) is 200 cm³/mol. The first-order chi connectivity index (χ1) is 24.3. The molecule has 6 bridgehead atoms. The molecule has 0 N–H and O–H groups in total. The monoisotopic (exact) mass is 688 g/mol. The molecule has 0 fully saturated rings. The Morgan fingerprint density at radius 3 is 0.939 bits per heavy atom. The molecular formula is C44H28ClMnN3. The first kappa shape index (κ1) is 30.8. The summed E-state index contributed by atoms with van der Waals surface area (Å²) in [5.74, 6) is 0. The molecule has 4 aliphatic rings. The maximum absolute atomic E-state index is 5.36. The second-order valence-electron chi connectivity index (χ2n) is 11.8. The zero-order valence-electron chi connectivity index (χ0n) is 26.3. The van der Waals surface area contributed by atoms with Gasteiger partial charge in [0.25, 0.3) is 0 Å². The number of hydrogen-bond donors (Lipinski definition) is 0. The van der Waals surface area contributed by atoms with Gasteiger partial charge in [0.1, 0.15) is 0 Å². The van der Waals surface area contributed by atoms with E-state index in [1.165, 1.54) is 0 Å². The Labute approximate surface area is 297 Å². The molecule has 1 aromatic heterocycles. The predicted octanol–water partition coefficient (Wildman–Crippen LogP) is 11.3. The molecule has 0 spiro atoms. The molecule has 0 amide bonds. The molecule has 0 saturated carbocycles. The van der Waals surface area contributed by atoms with Crippen molar-refractivity contribution in [3.63, 3.8) is 0 Å². The first-order valence-corrected chi connectivity index (χ1v) is 17.6. The van der Waals surface area contributed by atoms with E-state index in [1.807, 2.05) is 12.1 Å². The summed E-state index contributed by atoms with van der Waals surface area (Å²) in [7, 11) is 4.45. The van der Waals surface area contributed by atoms with Gasteiger partial charge in [0.15, 0.2) is 0 Å². The summed E-state index contributed by atoms with van der Waals surface area (Å²) >= 11 is 2.41. The fourth-order valence-corrected chi connectivity index (χ4v) is 6.76. The van der Waals surface area contributed by atoms with Crippen LogP contribution in [0.4, 0.5) is 0 Å². The van der Waals surface area contributed by atoms with Crippen molar-refractivity contribution >= 4 is 45.4 Å². The second kappa shape index (κ2) is 13.5. The maximum atomic E-state index is 5.36. The topological polar surface area (TPSA) is 39.9 Å². The van der Waals surface area contributed by atoms with Crippen LogP contribution >= 0.6 is 10.1 Å². The number of hydrogen-bond acceptors (Lipinski definition) is 2. The van der Waals surface area contributed by atoms with Gasteiger partial charge in [-0.1, -0.05) is 146 Å². The van der Waals surface area contributed by atoms with Crippen LogP contribution in [-0.2, 0) is 15.1 Å². The van der Waals surface area contributed by atoms with Gasteiger partial charge in [0, 0.05) is 11.1 Å². The van der Waals surface area contributed by atoms with Gasteiger partial charge in [-0.3, -0.25) is 0 Å². The average molecular weight is 689 g/mol. The van der Waals surface area contributed by atoms with Crippen molar-refractivity contribution in [1.82, 2.24) is 15.0 Å². The fourth-order valence-electron chi connectivity index (χ4n) is 6.76. The summed E-state index contributed by atoms with van der Waals surface area (Å²) in [4.78, 5) is 16.0. The molecule has 3 aliphatic heterocycles. The standard InChI is InChI=1S/C44H28N3.ClH.Mn/c1-5-13-29(14-6-1)41-33-21-22-34(33)42(30-15-7-2-8-16-30)36-24-26-38(46-36)44(32-19-11-4-12-20-32)40-28-27-39(47-40)43(31-17-9-3-10-18-31)37-25-23-35(41)45-37;;/h1-28H;1H;/q-1;;+2/p-1. The summed E-state index contributed by atoms with van der Waals surface area (Å²) < 4.78 is 0. The number of nitrogens with zero attached hydrogens (tertiary/aromatic N) is 3. The fraction of sp³-hybridized carbons (Fsp3) is 0. The zero-order valence-corrected chi connectivity index (χ0v) is 28.2. The van der Waals surface area contributed by atoms with Gasteiger partial charge in [-0.2, -0.15) is 0 Å². The van der Waals surface area contributed by atoms with E-state index < -0.39 is 0 Å². The summed E-state index contributed by atoms with van der Waals surface area (Å²) in [6.45, 7) is 0. The Bertz CT molecular complexity index is 2370. The number of halogens is 1. The molecule has 3 nitrogen and oxygen atoms in total. The van der Waals surface area contributed by atoms with Gasteiger partial charge in [0.2, 0.25) is 0 Å². The SMILES string of the molecule is C1=Cc2nc1c(-c1ccccc1)c1ccc=1c(-c1ccccc1)c1nc(c(-c3ccccc3)c3ccc([n-]3)c2-c2ccccc2)C=C1.[Cl][Mn+]. The Morgan fingerprint density at radius 2 is 0.633 bits per heavy atom. The van der Waals surface area contributed by atoms with Crippen molar-refractivity contribution in [2.75, 3.05) is 0 Å². The average Bonchev–Trinajstić information content (AvgIpc) is 3.95. The molecule has 4 heterocycles. The normalized spacial score (nSPS) is 11.7. The molecule has 0 atom stereocenters. The zero-order chi connectivity index (χ0) is 33.2. The molecule has 0 unspecified atom stereocenters. The van der Waals surface area contributed by atoms with Gasteiger partial charge < -0.3 is 4.98 Å². The van der Waals surface area contributed by atoms with Crippen LogP contribution in [0.1, 0.15) is 22.8 Å². The minimum absolute atomic E-state index is 0.882. The third-order valence-electron chi connectivity index (χ3n) is 8.95. The van der Waals surface area contributed by atoms with Gasteiger partial charge >= 0.3 is 25.2 Å². The molecule has 5 heteroatoms. The van der Waals surface area contributed by atoms with E-state index in [2.05, 4.69) is 183 Å². The van der Waals surface area contributed by atoms with E-state index in [4.69, 9.17) is 15.0 Å². The van der Waals surface area contributed by atoms with E-state index in [-0.39, 0.29) is 0 Å². The van der Waals surface area contributed by atoms with E-state index in [0.717, 1.165) is 88.8 Å². The minimum atomic E-state index is 0.882. The van der Waals surface area contributed by atoms with Gasteiger partial charge in [0.05, 0.1) is 22.8 Å². The molecule has 9 rings (SSSR count). The molecule has 5 aromatic rings. The molecule has 0 saturated heterocycles. The van der Waals surface area contributed by atoms with Crippen LogP contribution in [0, 0.1) is 10.4 Å². The van der Waals surface area contributed by atoms with Crippen LogP contribution in [-0.4, -0.2) is 9.97 Å². The van der Waals surface area contributed by atoms with Gasteiger partial charge in [-0.15, -0.1) is 11.0 Å². The Kier molecular flexibility index (Phi) is 8.51. The van der Waals surface area contributed by atoms with E-state index in [9.17, 15) is 0 Å².